The summed E-state index contributed by atoms with van der Waals surface area (Å²) in [5.41, 5.74) is 1.54. The summed E-state index contributed by atoms with van der Waals surface area (Å²) in [6.45, 7) is 2.24. The number of hydrogen-bond acceptors (Lipinski definition) is 5. The maximum Gasteiger partial charge on any atom is 0.338 e. The zero-order valence-electron chi connectivity index (χ0n) is 16.9. The third kappa shape index (κ3) is 6.95. The lowest BCUT2D eigenvalue weighted by molar-refractivity contribution is -0.118. The van der Waals surface area contributed by atoms with Gasteiger partial charge in [-0.2, -0.15) is 0 Å². The van der Waals surface area contributed by atoms with Gasteiger partial charge in [-0.25, -0.2) is 4.79 Å². The number of rotatable bonds is 9. The third-order valence-corrected chi connectivity index (χ3v) is 4.01. The van der Waals surface area contributed by atoms with Gasteiger partial charge in [-0.15, -0.1) is 0 Å². The minimum Gasteiger partial charge on any atom is -0.484 e. The molecular formula is C22H26N2O5. The van der Waals surface area contributed by atoms with E-state index in [2.05, 4.69) is 5.32 Å². The molecule has 0 radical (unpaired) electrons. The van der Waals surface area contributed by atoms with Crippen LogP contribution in [0.5, 0.6) is 5.75 Å². The summed E-state index contributed by atoms with van der Waals surface area (Å²) in [7, 11) is 3.36. The third-order valence-electron chi connectivity index (χ3n) is 4.01. The Hall–Kier alpha value is -3.35. The van der Waals surface area contributed by atoms with E-state index in [-0.39, 0.29) is 24.4 Å². The zero-order chi connectivity index (χ0) is 21.2. The summed E-state index contributed by atoms with van der Waals surface area (Å²) in [6, 6.07) is 13.1. The molecule has 2 amide bonds. The predicted molar refractivity (Wildman–Crippen MR) is 110 cm³/mol. The molecule has 0 aliphatic rings. The van der Waals surface area contributed by atoms with Crippen LogP contribution in [0.2, 0.25) is 0 Å². The van der Waals surface area contributed by atoms with E-state index in [1.54, 1.807) is 62.6 Å². The monoisotopic (exact) mass is 398 g/mol. The number of esters is 1. The van der Waals surface area contributed by atoms with Crippen molar-refractivity contribution in [2.24, 2.45) is 0 Å². The topological polar surface area (TPSA) is 84.9 Å². The first-order valence-corrected chi connectivity index (χ1v) is 9.42. The van der Waals surface area contributed by atoms with E-state index in [0.717, 1.165) is 12.8 Å². The van der Waals surface area contributed by atoms with Crippen molar-refractivity contribution in [2.75, 3.05) is 32.6 Å². The van der Waals surface area contributed by atoms with Gasteiger partial charge in [0.1, 0.15) is 5.75 Å². The Bertz CT molecular complexity index is 829. The first-order valence-electron chi connectivity index (χ1n) is 9.42. The standard InChI is InChI=1S/C22H26N2O5/c1-4-5-14-28-22(27)17-8-12-19(13-9-17)29-15-20(25)23-18-10-6-16(7-11-18)21(26)24(2)3/h6-13H,4-5,14-15H2,1-3H3,(H,23,25). The van der Waals surface area contributed by atoms with Crippen LogP contribution in [0, 0.1) is 0 Å². The van der Waals surface area contributed by atoms with Crippen LogP contribution in [-0.2, 0) is 9.53 Å². The Labute approximate surface area is 170 Å². The molecule has 2 aromatic carbocycles. The Morgan fingerprint density at radius 2 is 1.55 bits per heavy atom. The number of hydrogen-bond donors (Lipinski definition) is 1. The van der Waals surface area contributed by atoms with E-state index in [1.807, 2.05) is 6.92 Å². The number of carbonyl (C=O) groups is 3. The van der Waals surface area contributed by atoms with E-state index in [0.29, 0.717) is 29.2 Å². The normalized spacial score (nSPS) is 10.2. The van der Waals surface area contributed by atoms with Gasteiger partial charge in [-0.3, -0.25) is 9.59 Å². The largest absolute Gasteiger partial charge is 0.484 e. The lowest BCUT2D eigenvalue weighted by Gasteiger charge is -2.11. The maximum absolute atomic E-state index is 12.0. The smallest absolute Gasteiger partial charge is 0.338 e. The molecule has 0 aliphatic carbocycles. The van der Waals surface area contributed by atoms with Crippen LogP contribution in [0.1, 0.15) is 40.5 Å². The van der Waals surface area contributed by atoms with Crippen molar-refractivity contribution < 1.29 is 23.9 Å². The van der Waals surface area contributed by atoms with E-state index in [1.165, 1.54) is 4.90 Å². The minimum absolute atomic E-state index is 0.107. The molecule has 0 fully saturated rings. The van der Waals surface area contributed by atoms with Gasteiger partial charge in [0, 0.05) is 25.3 Å². The van der Waals surface area contributed by atoms with Crippen molar-refractivity contribution in [3.8, 4) is 5.75 Å². The number of unbranched alkanes of at least 4 members (excludes halogenated alkanes) is 1. The van der Waals surface area contributed by atoms with Crippen LogP contribution in [-0.4, -0.2) is 50.0 Å². The molecule has 0 saturated carbocycles. The fourth-order valence-corrected chi connectivity index (χ4v) is 2.38. The van der Waals surface area contributed by atoms with Gasteiger partial charge in [0.15, 0.2) is 6.61 Å². The lowest BCUT2D eigenvalue weighted by atomic mass is 10.2. The molecule has 7 nitrogen and oxygen atoms in total. The van der Waals surface area contributed by atoms with Crippen molar-refractivity contribution in [3.63, 3.8) is 0 Å². The number of amides is 2. The molecule has 154 valence electrons. The SMILES string of the molecule is CCCCOC(=O)c1ccc(OCC(=O)Nc2ccc(C(=O)N(C)C)cc2)cc1. The van der Waals surface area contributed by atoms with Gasteiger partial charge >= 0.3 is 5.97 Å². The Morgan fingerprint density at radius 3 is 2.14 bits per heavy atom. The zero-order valence-corrected chi connectivity index (χ0v) is 16.9. The fraction of sp³-hybridized carbons (Fsp3) is 0.318. The summed E-state index contributed by atoms with van der Waals surface area (Å²) < 4.78 is 10.6. The molecule has 0 bridgehead atoms. The summed E-state index contributed by atoms with van der Waals surface area (Å²) in [5, 5.41) is 2.70. The second kappa shape index (κ2) is 10.8. The first-order chi connectivity index (χ1) is 13.9. The van der Waals surface area contributed by atoms with Crippen LogP contribution in [0.25, 0.3) is 0 Å². The van der Waals surface area contributed by atoms with Gasteiger partial charge < -0.3 is 19.7 Å². The van der Waals surface area contributed by atoms with Crippen molar-refractivity contribution >= 4 is 23.5 Å². The fourth-order valence-electron chi connectivity index (χ4n) is 2.38. The summed E-state index contributed by atoms with van der Waals surface area (Å²) >= 11 is 0. The van der Waals surface area contributed by atoms with Crippen molar-refractivity contribution in [3.05, 3.63) is 59.7 Å². The summed E-state index contributed by atoms with van der Waals surface area (Å²) in [6.07, 6.45) is 1.79. The lowest BCUT2D eigenvalue weighted by Crippen LogP contribution is -2.22. The van der Waals surface area contributed by atoms with E-state index in [9.17, 15) is 14.4 Å². The second-order valence-electron chi connectivity index (χ2n) is 6.63. The van der Waals surface area contributed by atoms with Gasteiger partial charge in [0.25, 0.3) is 11.8 Å². The molecule has 0 heterocycles. The molecule has 0 saturated heterocycles. The van der Waals surface area contributed by atoms with Crippen LogP contribution >= 0.6 is 0 Å². The number of benzene rings is 2. The van der Waals surface area contributed by atoms with E-state index in [4.69, 9.17) is 9.47 Å². The Morgan fingerprint density at radius 1 is 0.931 bits per heavy atom. The summed E-state index contributed by atoms with van der Waals surface area (Å²) in [5.74, 6) is -0.347. The van der Waals surface area contributed by atoms with E-state index >= 15 is 0 Å². The minimum atomic E-state index is -0.376. The number of anilines is 1. The van der Waals surface area contributed by atoms with Gasteiger partial charge in [0.05, 0.1) is 12.2 Å². The van der Waals surface area contributed by atoms with Crippen LogP contribution in [0.4, 0.5) is 5.69 Å². The highest BCUT2D eigenvalue weighted by Gasteiger charge is 2.10. The molecule has 1 N–H and O–H groups in total. The molecule has 0 aromatic heterocycles. The molecule has 0 aliphatic heterocycles. The number of nitrogens with one attached hydrogen (secondary N) is 1. The van der Waals surface area contributed by atoms with Crippen molar-refractivity contribution in [1.29, 1.82) is 0 Å². The highest BCUT2D eigenvalue weighted by atomic mass is 16.5. The van der Waals surface area contributed by atoms with Crippen LogP contribution in [0.3, 0.4) is 0 Å². The van der Waals surface area contributed by atoms with Crippen molar-refractivity contribution in [2.45, 2.75) is 19.8 Å². The van der Waals surface area contributed by atoms with Gasteiger partial charge in [0.2, 0.25) is 0 Å². The highest BCUT2D eigenvalue weighted by molar-refractivity contribution is 5.96. The average Bonchev–Trinajstić information content (AvgIpc) is 2.72. The van der Waals surface area contributed by atoms with E-state index < -0.39 is 0 Å². The molecule has 2 rings (SSSR count). The van der Waals surface area contributed by atoms with Crippen molar-refractivity contribution in [1.82, 2.24) is 4.90 Å². The maximum atomic E-state index is 12.0. The average molecular weight is 398 g/mol. The quantitative estimate of drug-likeness (QED) is 0.517. The molecule has 7 heteroatoms. The molecule has 0 atom stereocenters. The summed E-state index contributed by atoms with van der Waals surface area (Å²) in [4.78, 5) is 37.2. The predicted octanol–water partition coefficient (Wildman–Crippen LogP) is 3.36. The van der Waals surface area contributed by atoms with Gasteiger partial charge in [-0.05, 0) is 55.0 Å². The second-order valence-corrected chi connectivity index (χ2v) is 6.63. The first kappa shape index (κ1) is 21.9. The number of ether oxygens (including phenoxy) is 2. The Kier molecular flexibility index (Phi) is 8.21. The molecule has 2 aromatic rings. The molecular weight excluding hydrogens is 372 g/mol. The van der Waals surface area contributed by atoms with Crippen LogP contribution < -0.4 is 10.1 Å². The number of nitrogens with zero attached hydrogens (tertiary/aromatic N) is 1. The van der Waals surface area contributed by atoms with Crippen LogP contribution in [0.15, 0.2) is 48.5 Å². The molecule has 0 spiro atoms. The molecule has 29 heavy (non-hydrogen) atoms. The Balaban J connectivity index is 1.81. The molecule has 0 unspecified atom stereocenters. The van der Waals surface area contributed by atoms with Gasteiger partial charge in [-0.1, -0.05) is 13.3 Å². The highest BCUT2D eigenvalue weighted by Crippen LogP contribution is 2.14. The number of carbonyl (C=O) groups excluding carboxylic acids is 3.